The Morgan fingerprint density at radius 1 is 1.00 bits per heavy atom. The van der Waals surface area contributed by atoms with Gasteiger partial charge in [0.05, 0.1) is 0 Å². The van der Waals surface area contributed by atoms with E-state index in [0.717, 1.165) is 11.3 Å². The topological polar surface area (TPSA) is 49.9 Å². The van der Waals surface area contributed by atoms with Crippen molar-refractivity contribution >= 4 is 11.8 Å². The van der Waals surface area contributed by atoms with Gasteiger partial charge in [-0.1, -0.05) is 36.4 Å². The molecule has 5 heteroatoms. The van der Waals surface area contributed by atoms with Crippen LogP contribution in [-0.4, -0.2) is 48.8 Å². The molecule has 0 saturated carbocycles. The number of para-hydroxylation sites is 1. The fraction of sp³-hybridized carbons (Fsp3) is 0.364. The molecule has 1 aliphatic rings. The molecule has 1 saturated heterocycles. The second-order valence-electron chi connectivity index (χ2n) is 7.06. The first-order valence-electron chi connectivity index (χ1n) is 9.32. The number of hydrogen-bond acceptors (Lipinski definition) is 3. The van der Waals surface area contributed by atoms with E-state index < -0.39 is 0 Å². The molecule has 1 aliphatic heterocycles. The van der Waals surface area contributed by atoms with Crippen LogP contribution < -0.4 is 4.74 Å². The predicted octanol–water partition coefficient (Wildman–Crippen LogP) is 3.21. The van der Waals surface area contributed by atoms with Crippen LogP contribution in [0, 0.1) is 5.92 Å². The lowest BCUT2D eigenvalue weighted by Gasteiger charge is -2.32. The number of hydrogen-bond donors (Lipinski definition) is 0. The van der Waals surface area contributed by atoms with Crippen LogP contribution >= 0.6 is 0 Å². The molecular weight excluding hydrogens is 340 g/mol. The van der Waals surface area contributed by atoms with Crippen molar-refractivity contribution in [3.63, 3.8) is 0 Å². The third-order valence-corrected chi connectivity index (χ3v) is 4.96. The number of nitrogens with zero attached hydrogens (tertiary/aromatic N) is 2. The summed E-state index contributed by atoms with van der Waals surface area (Å²) < 4.78 is 5.82. The minimum absolute atomic E-state index is 0.0120. The summed E-state index contributed by atoms with van der Waals surface area (Å²) in [7, 11) is 3.56. The highest BCUT2D eigenvalue weighted by Crippen LogP contribution is 2.22. The van der Waals surface area contributed by atoms with E-state index in [1.165, 1.54) is 0 Å². The highest BCUT2D eigenvalue weighted by atomic mass is 16.5. The Labute approximate surface area is 160 Å². The molecule has 0 bridgehead atoms. The van der Waals surface area contributed by atoms with Gasteiger partial charge in [0, 0.05) is 44.2 Å². The lowest BCUT2D eigenvalue weighted by molar-refractivity contribution is -0.134. The van der Waals surface area contributed by atoms with Gasteiger partial charge in [0.2, 0.25) is 5.91 Å². The number of carbonyl (C=O) groups is 2. The van der Waals surface area contributed by atoms with Gasteiger partial charge < -0.3 is 14.5 Å². The van der Waals surface area contributed by atoms with Crippen molar-refractivity contribution in [1.29, 1.82) is 0 Å². The summed E-state index contributed by atoms with van der Waals surface area (Å²) in [6.45, 7) is 1.56. The molecular formula is C22H26N2O3. The smallest absolute Gasteiger partial charge is 0.254 e. The van der Waals surface area contributed by atoms with Crippen molar-refractivity contribution in [3.05, 3.63) is 65.7 Å². The average Bonchev–Trinajstić information content (AvgIpc) is 2.72. The highest BCUT2D eigenvalue weighted by molar-refractivity contribution is 5.95. The van der Waals surface area contributed by atoms with Crippen molar-refractivity contribution in [2.75, 3.05) is 27.2 Å². The molecule has 0 atom stereocenters. The molecule has 1 fully saturated rings. The third-order valence-electron chi connectivity index (χ3n) is 4.96. The van der Waals surface area contributed by atoms with Gasteiger partial charge in [0.1, 0.15) is 12.4 Å². The summed E-state index contributed by atoms with van der Waals surface area (Å²) in [6, 6.07) is 17.2. The van der Waals surface area contributed by atoms with E-state index in [-0.39, 0.29) is 17.7 Å². The summed E-state index contributed by atoms with van der Waals surface area (Å²) >= 11 is 0. The van der Waals surface area contributed by atoms with Gasteiger partial charge in [-0.2, -0.15) is 0 Å². The van der Waals surface area contributed by atoms with Crippen LogP contribution in [0.15, 0.2) is 54.6 Å². The highest BCUT2D eigenvalue weighted by Gasteiger charge is 2.29. The molecule has 1 heterocycles. The summed E-state index contributed by atoms with van der Waals surface area (Å²) in [5, 5.41) is 0. The number of amides is 2. The average molecular weight is 366 g/mol. The first-order valence-corrected chi connectivity index (χ1v) is 9.32. The van der Waals surface area contributed by atoms with E-state index >= 15 is 0 Å². The Kier molecular flexibility index (Phi) is 6.12. The maximum Gasteiger partial charge on any atom is 0.254 e. The van der Waals surface area contributed by atoms with E-state index in [9.17, 15) is 9.59 Å². The Balaban J connectivity index is 1.64. The molecule has 0 N–H and O–H groups in total. The predicted molar refractivity (Wildman–Crippen MR) is 105 cm³/mol. The van der Waals surface area contributed by atoms with E-state index in [4.69, 9.17) is 4.74 Å². The summed E-state index contributed by atoms with van der Waals surface area (Å²) in [5.74, 6) is 0.959. The fourth-order valence-electron chi connectivity index (χ4n) is 3.40. The Morgan fingerprint density at radius 3 is 2.30 bits per heavy atom. The van der Waals surface area contributed by atoms with Crippen LogP contribution in [0.25, 0.3) is 0 Å². The van der Waals surface area contributed by atoms with E-state index in [0.29, 0.717) is 38.1 Å². The number of ether oxygens (including phenoxy) is 1. The van der Waals surface area contributed by atoms with Gasteiger partial charge in [-0.3, -0.25) is 9.59 Å². The van der Waals surface area contributed by atoms with Crippen molar-refractivity contribution < 1.29 is 14.3 Å². The maximum absolute atomic E-state index is 13.0. The molecule has 3 rings (SSSR count). The molecule has 0 unspecified atom stereocenters. The SMILES string of the molecule is CN(C)C(=O)C1CCN(C(=O)c2ccccc2COc2ccccc2)CC1. The van der Waals surface area contributed by atoms with Gasteiger partial charge in [-0.25, -0.2) is 0 Å². The third kappa shape index (κ3) is 4.67. The minimum atomic E-state index is 0.0120. The van der Waals surface area contributed by atoms with Gasteiger partial charge in [-0.05, 0) is 31.0 Å². The monoisotopic (exact) mass is 366 g/mol. The van der Waals surface area contributed by atoms with E-state index in [1.54, 1.807) is 19.0 Å². The first-order chi connectivity index (χ1) is 13.1. The Morgan fingerprint density at radius 2 is 1.63 bits per heavy atom. The van der Waals surface area contributed by atoms with Crippen molar-refractivity contribution in [1.82, 2.24) is 9.80 Å². The molecule has 0 aliphatic carbocycles. The molecule has 5 nitrogen and oxygen atoms in total. The first kappa shape index (κ1) is 19.0. The Hall–Kier alpha value is -2.82. The zero-order valence-corrected chi connectivity index (χ0v) is 15.9. The van der Waals surface area contributed by atoms with Gasteiger partial charge in [-0.15, -0.1) is 0 Å². The zero-order chi connectivity index (χ0) is 19.2. The number of benzene rings is 2. The van der Waals surface area contributed by atoms with Gasteiger partial charge in [0.15, 0.2) is 0 Å². The molecule has 0 spiro atoms. The van der Waals surface area contributed by atoms with Gasteiger partial charge in [0.25, 0.3) is 5.91 Å². The maximum atomic E-state index is 13.0. The fourth-order valence-corrected chi connectivity index (χ4v) is 3.40. The lowest BCUT2D eigenvalue weighted by Crippen LogP contribution is -2.43. The van der Waals surface area contributed by atoms with E-state index in [1.807, 2.05) is 59.5 Å². The Bertz CT molecular complexity index is 781. The largest absolute Gasteiger partial charge is 0.489 e. The minimum Gasteiger partial charge on any atom is -0.489 e. The summed E-state index contributed by atoms with van der Waals surface area (Å²) in [5.41, 5.74) is 1.55. The summed E-state index contributed by atoms with van der Waals surface area (Å²) in [6.07, 6.45) is 1.43. The lowest BCUT2D eigenvalue weighted by atomic mass is 9.94. The number of carbonyl (C=O) groups excluding carboxylic acids is 2. The van der Waals surface area contributed by atoms with Crippen molar-refractivity contribution in [3.8, 4) is 5.75 Å². The molecule has 2 aromatic rings. The standard InChI is InChI=1S/C22H26N2O3/c1-23(2)21(25)17-12-14-24(15-13-17)22(26)20-11-7-6-8-18(20)16-27-19-9-4-3-5-10-19/h3-11,17H,12-16H2,1-2H3. The van der Waals surface area contributed by atoms with Gasteiger partial charge >= 0.3 is 0 Å². The number of likely N-dealkylation sites (tertiary alicyclic amines) is 1. The molecule has 142 valence electrons. The van der Waals surface area contributed by atoms with Crippen LogP contribution in [0.5, 0.6) is 5.75 Å². The molecule has 0 radical (unpaired) electrons. The molecule has 2 aromatic carbocycles. The van der Waals surface area contributed by atoms with E-state index in [2.05, 4.69) is 0 Å². The zero-order valence-electron chi connectivity index (χ0n) is 15.9. The van der Waals surface area contributed by atoms with Crippen molar-refractivity contribution in [2.45, 2.75) is 19.4 Å². The van der Waals surface area contributed by atoms with Crippen LogP contribution in [0.3, 0.4) is 0 Å². The van der Waals surface area contributed by atoms with Crippen LogP contribution in [0.1, 0.15) is 28.8 Å². The second-order valence-corrected chi connectivity index (χ2v) is 7.06. The normalized spacial score (nSPS) is 14.7. The van der Waals surface area contributed by atoms with Crippen molar-refractivity contribution in [2.24, 2.45) is 5.92 Å². The number of rotatable bonds is 5. The quantitative estimate of drug-likeness (QED) is 0.816. The summed E-state index contributed by atoms with van der Waals surface area (Å²) in [4.78, 5) is 28.6. The molecule has 27 heavy (non-hydrogen) atoms. The van der Waals surface area contributed by atoms with Crippen LogP contribution in [-0.2, 0) is 11.4 Å². The van der Waals surface area contributed by atoms with Crippen LogP contribution in [0.4, 0.5) is 0 Å². The molecule has 0 aromatic heterocycles. The second kappa shape index (κ2) is 8.71. The van der Waals surface area contributed by atoms with Crippen LogP contribution in [0.2, 0.25) is 0 Å². The number of piperidine rings is 1. The molecule has 2 amide bonds.